The normalized spacial score (nSPS) is 24.2. The number of hydrogen-bond donors (Lipinski definition) is 1. The fourth-order valence-corrected chi connectivity index (χ4v) is 3.17. The Morgan fingerprint density at radius 1 is 0.970 bits per heavy atom. The van der Waals surface area contributed by atoms with Gasteiger partial charge in [0.25, 0.3) is 5.69 Å². The lowest BCUT2D eigenvalue weighted by Gasteiger charge is -2.44. The number of hydrogen-bond acceptors (Lipinski definition) is 11. The van der Waals surface area contributed by atoms with E-state index in [1.165, 1.54) is 31.2 Å². The van der Waals surface area contributed by atoms with Crippen molar-refractivity contribution in [1.29, 1.82) is 0 Å². The second-order valence-electron chi connectivity index (χ2n) is 7.09. The Labute approximate surface area is 188 Å². The molecule has 0 spiro atoms. The SMILES string of the molecule is CC(=O)NC1C(OC(C)=O)[C@@H](OC(C)=O)C(COC(C)=O)O[C@@H]1Oc1ccc([N+](=O)[O-])cc1. The molecule has 1 aliphatic rings. The Hall–Kier alpha value is -3.74. The minimum atomic E-state index is -1.31. The van der Waals surface area contributed by atoms with Crippen LogP contribution in [0.2, 0.25) is 0 Å². The van der Waals surface area contributed by atoms with E-state index in [0.717, 1.165) is 20.8 Å². The quantitative estimate of drug-likeness (QED) is 0.246. The maximum Gasteiger partial charge on any atom is 0.303 e. The molecule has 13 nitrogen and oxygen atoms in total. The number of carbonyl (C=O) groups is 4. The molecule has 180 valence electrons. The lowest BCUT2D eigenvalue weighted by Crippen LogP contribution is -2.67. The maximum atomic E-state index is 11.9. The van der Waals surface area contributed by atoms with Gasteiger partial charge in [0.1, 0.15) is 24.5 Å². The molecule has 2 rings (SSSR count). The first-order valence-corrected chi connectivity index (χ1v) is 9.79. The topological polar surface area (TPSA) is 170 Å². The molecule has 5 atom stereocenters. The summed E-state index contributed by atoms with van der Waals surface area (Å²) in [6, 6.07) is 3.87. The number of ether oxygens (including phenoxy) is 5. The number of carbonyl (C=O) groups excluding carboxylic acids is 4. The molecule has 1 heterocycles. The van der Waals surface area contributed by atoms with Crippen LogP contribution in [0.1, 0.15) is 27.7 Å². The maximum absolute atomic E-state index is 11.9. The number of amides is 1. The minimum Gasteiger partial charge on any atom is -0.463 e. The summed E-state index contributed by atoms with van der Waals surface area (Å²) in [4.78, 5) is 57.0. The van der Waals surface area contributed by atoms with Gasteiger partial charge in [0.2, 0.25) is 12.2 Å². The van der Waals surface area contributed by atoms with E-state index in [1.54, 1.807) is 0 Å². The number of esters is 3. The fraction of sp³-hybridized carbons (Fsp3) is 0.500. The van der Waals surface area contributed by atoms with Crippen LogP contribution in [0.4, 0.5) is 5.69 Å². The molecule has 0 bridgehead atoms. The lowest BCUT2D eigenvalue weighted by atomic mass is 9.96. The molecular weight excluding hydrogens is 444 g/mol. The van der Waals surface area contributed by atoms with Gasteiger partial charge in [-0.25, -0.2) is 0 Å². The van der Waals surface area contributed by atoms with Gasteiger partial charge < -0.3 is 29.0 Å². The first kappa shape index (κ1) is 25.5. The van der Waals surface area contributed by atoms with E-state index in [9.17, 15) is 29.3 Å². The van der Waals surface area contributed by atoms with E-state index in [2.05, 4.69) is 5.32 Å². The zero-order chi connectivity index (χ0) is 24.7. The molecule has 3 unspecified atom stereocenters. The summed E-state index contributed by atoms with van der Waals surface area (Å²) in [5, 5.41) is 13.4. The van der Waals surface area contributed by atoms with Crippen molar-refractivity contribution in [3.63, 3.8) is 0 Å². The summed E-state index contributed by atoms with van der Waals surface area (Å²) < 4.78 is 27.2. The molecule has 1 aliphatic heterocycles. The summed E-state index contributed by atoms with van der Waals surface area (Å²) in [5.74, 6) is -2.50. The van der Waals surface area contributed by atoms with Gasteiger partial charge in [-0.15, -0.1) is 0 Å². The molecule has 1 fully saturated rings. The van der Waals surface area contributed by atoms with Crippen LogP contribution in [-0.2, 0) is 38.1 Å². The van der Waals surface area contributed by atoms with Crippen LogP contribution in [0.15, 0.2) is 24.3 Å². The largest absolute Gasteiger partial charge is 0.463 e. The molecule has 0 aromatic heterocycles. The van der Waals surface area contributed by atoms with Crippen molar-refractivity contribution in [3.05, 3.63) is 34.4 Å². The van der Waals surface area contributed by atoms with Crippen LogP contribution < -0.4 is 10.1 Å². The van der Waals surface area contributed by atoms with Crippen molar-refractivity contribution < 1.29 is 47.8 Å². The van der Waals surface area contributed by atoms with E-state index in [4.69, 9.17) is 23.7 Å². The number of nitrogens with one attached hydrogen (secondary N) is 1. The van der Waals surface area contributed by atoms with Gasteiger partial charge in [0.15, 0.2) is 12.2 Å². The van der Waals surface area contributed by atoms with Crippen LogP contribution in [0, 0.1) is 10.1 Å². The number of nitro groups is 1. The molecule has 0 radical (unpaired) electrons. The van der Waals surface area contributed by atoms with Gasteiger partial charge in [0.05, 0.1) is 4.92 Å². The number of non-ortho nitro benzene ring substituents is 1. The van der Waals surface area contributed by atoms with Crippen LogP contribution in [0.3, 0.4) is 0 Å². The minimum absolute atomic E-state index is 0.139. The van der Waals surface area contributed by atoms with Crippen LogP contribution in [0.25, 0.3) is 0 Å². The van der Waals surface area contributed by atoms with E-state index in [1.807, 2.05) is 0 Å². The number of nitrogens with zero attached hydrogens (tertiary/aromatic N) is 1. The van der Waals surface area contributed by atoms with E-state index in [0.29, 0.717) is 0 Å². The molecule has 0 saturated carbocycles. The molecule has 1 amide bonds. The van der Waals surface area contributed by atoms with Gasteiger partial charge in [-0.1, -0.05) is 0 Å². The third-order valence-corrected chi connectivity index (χ3v) is 4.37. The Kier molecular flexibility index (Phi) is 8.68. The van der Waals surface area contributed by atoms with E-state index in [-0.39, 0.29) is 18.0 Å². The first-order valence-electron chi connectivity index (χ1n) is 9.79. The van der Waals surface area contributed by atoms with Crippen molar-refractivity contribution in [2.24, 2.45) is 0 Å². The molecule has 1 aromatic rings. The van der Waals surface area contributed by atoms with E-state index >= 15 is 0 Å². The molecule has 33 heavy (non-hydrogen) atoms. The van der Waals surface area contributed by atoms with Crippen molar-refractivity contribution in [2.45, 2.75) is 58.3 Å². The van der Waals surface area contributed by atoms with E-state index < -0.39 is 59.4 Å². The molecule has 0 aliphatic carbocycles. The van der Waals surface area contributed by atoms with Gasteiger partial charge in [0, 0.05) is 39.8 Å². The highest BCUT2D eigenvalue weighted by molar-refractivity contribution is 5.73. The second kappa shape index (κ2) is 11.2. The predicted octanol–water partition coefficient (Wildman–Crippen LogP) is 0.630. The highest BCUT2D eigenvalue weighted by atomic mass is 16.7. The summed E-state index contributed by atoms with van der Waals surface area (Å²) >= 11 is 0. The Bertz CT molecular complexity index is 902. The third-order valence-electron chi connectivity index (χ3n) is 4.37. The average molecular weight is 468 g/mol. The lowest BCUT2D eigenvalue weighted by molar-refractivity contribution is -0.384. The molecule has 1 saturated heterocycles. The van der Waals surface area contributed by atoms with Crippen LogP contribution >= 0.6 is 0 Å². The molecule has 13 heteroatoms. The Morgan fingerprint density at radius 2 is 1.55 bits per heavy atom. The highest BCUT2D eigenvalue weighted by Crippen LogP contribution is 2.29. The molecule has 1 N–H and O–H groups in total. The summed E-state index contributed by atoms with van der Waals surface area (Å²) in [7, 11) is 0. The van der Waals surface area contributed by atoms with Crippen molar-refractivity contribution in [3.8, 4) is 5.75 Å². The molecule has 1 aromatic carbocycles. The fourth-order valence-electron chi connectivity index (χ4n) is 3.17. The average Bonchev–Trinajstić information content (AvgIpc) is 2.70. The van der Waals surface area contributed by atoms with Crippen molar-refractivity contribution in [1.82, 2.24) is 5.32 Å². The second-order valence-corrected chi connectivity index (χ2v) is 7.09. The van der Waals surface area contributed by atoms with Gasteiger partial charge >= 0.3 is 17.9 Å². The Morgan fingerprint density at radius 3 is 2.03 bits per heavy atom. The summed E-state index contributed by atoms with van der Waals surface area (Å²) in [5.41, 5.74) is -0.175. The number of rotatable bonds is 8. The van der Waals surface area contributed by atoms with Gasteiger partial charge in [-0.3, -0.25) is 29.3 Å². The highest BCUT2D eigenvalue weighted by Gasteiger charge is 2.51. The van der Waals surface area contributed by atoms with Crippen LogP contribution in [0.5, 0.6) is 5.75 Å². The summed E-state index contributed by atoms with van der Waals surface area (Å²) in [6.07, 6.45) is -4.96. The van der Waals surface area contributed by atoms with Gasteiger partial charge in [-0.2, -0.15) is 0 Å². The zero-order valence-electron chi connectivity index (χ0n) is 18.3. The number of benzene rings is 1. The Balaban J connectivity index is 2.43. The first-order chi connectivity index (χ1) is 15.5. The van der Waals surface area contributed by atoms with Crippen molar-refractivity contribution >= 4 is 29.5 Å². The van der Waals surface area contributed by atoms with Crippen LogP contribution in [-0.4, -0.2) is 66.0 Å². The standard InChI is InChI=1S/C20H24N2O11/c1-10(23)21-17-19(31-13(4)26)18(30-12(3)25)16(9-29-11(2)24)33-20(17)32-15-7-5-14(6-8-15)22(27)28/h5-8,16-20H,9H2,1-4H3,(H,21,23)/t16?,17?,18-,19?,20-/m0/s1. The van der Waals surface area contributed by atoms with Gasteiger partial charge in [-0.05, 0) is 12.1 Å². The smallest absolute Gasteiger partial charge is 0.303 e. The van der Waals surface area contributed by atoms with Crippen molar-refractivity contribution in [2.75, 3.05) is 6.61 Å². The molecular formula is C20H24N2O11. The predicted molar refractivity (Wildman–Crippen MR) is 108 cm³/mol. The third kappa shape index (κ3) is 7.42. The summed E-state index contributed by atoms with van der Waals surface area (Å²) in [6.45, 7) is 4.24. The number of nitro benzene ring substituents is 1. The zero-order valence-corrected chi connectivity index (χ0v) is 18.3. The monoisotopic (exact) mass is 468 g/mol.